The summed E-state index contributed by atoms with van der Waals surface area (Å²) in [4.78, 5) is 19.4. The van der Waals surface area contributed by atoms with Crippen LogP contribution in [0.5, 0.6) is 0 Å². The van der Waals surface area contributed by atoms with Gasteiger partial charge in [0.05, 0.1) is 6.33 Å². The summed E-state index contributed by atoms with van der Waals surface area (Å²) < 4.78 is 1.84. The third-order valence-electron chi connectivity index (χ3n) is 5.24. The smallest absolute Gasteiger partial charge is 0.274 e. The molecule has 0 bridgehead atoms. The van der Waals surface area contributed by atoms with E-state index >= 15 is 0 Å². The summed E-state index contributed by atoms with van der Waals surface area (Å²) >= 11 is 1.68. The molecule has 3 heterocycles. The van der Waals surface area contributed by atoms with Gasteiger partial charge in [-0.25, -0.2) is 4.98 Å². The molecule has 1 spiro atoms. The highest BCUT2D eigenvalue weighted by molar-refractivity contribution is 7.07. The zero-order valence-corrected chi connectivity index (χ0v) is 14.2. The fourth-order valence-electron chi connectivity index (χ4n) is 3.80. The third-order valence-corrected chi connectivity index (χ3v) is 5.97. The van der Waals surface area contributed by atoms with E-state index in [1.807, 2.05) is 17.8 Å². The van der Waals surface area contributed by atoms with Crippen molar-refractivity contribution in [2.45, 2.75) is 31.8 Å². The van der Waals surface area contributed by atoms with E-state index in [2.05, 4.69) is 32.0 Å². The van der Waals surface area contributed by atoms with Gasteiger partial charge >= 0.3 is 0 Å². The maximum atomic E-state index is 13.0. The van der Waals surface area contributed by atoms with Crippen molar-refractivity contribution in [2.24, 2.45) is 12.5 Å². The summed E-state index contributed by atoms with van der Waals surface area (Å²) in [6, 6.07) is 2.47. The number of rotatable bonds is 4. The Labute approximate surface area is 140 Å². The van der Waals surface area contributed by atoms with E-state index in [1.165, 1.54) is 18.4 Å². The molecule has 1 unspecified atom stereocenters. The van der Waals surface area contributed by atoms with Crippen molar-refractivity contribution in [1.82, 2.24) is 19.8 Å². The number of piperidine rings is 1. The molecule has 5 nitrogen and oxygen atoms in total. The van der Waals surface area contributed by atoms with Gasteiger partial charge in [0.1, 0.15) is 5.69 Å². The highest BCUT2D eigenvalue weighted by atomic mass is 32.1. The van der Waals surface area contributed by atoms with E-state index < -0.39 is 0 Å². The molecular formula is C17H22N4OS. The van der Waals surface area contributed by atoms with E-state index in [-0.39, 0.29) is 5.91 Å². The van der Waals surface area contributed by atoms with Crippen LogP contribution in [0.25, 0.3) is 0 Å². The zero-order valence-electron chi connectivity index (χ0n) is 13.4. The lowest BCUT2D eigenvalue weighted by molar-refractivity contribution is 0.0687. The summed E-state index contributed by atoms with van der Waals surface area (Å²) in [7, 11) is 1.90. The van der Waals surface area contributed by atoms with Crippen molar-refractivity contribution in [2.75, 3.05) is 13.1 Å². The fourth-order valence-corrected chi connectivity index (χ4v) is 4.46. The van der Waals surface area contributed by atoms with Crippen molar-refractivity contribution < 1.29 is 4.79 Å². The zero-order chi connectivity index (χ0) is 15.9. The molecule has 122 valence electrons. The predicted molar refractivity (Wildman–Crippen MR) is 90.3 cm³/mol. The van der Waals surface area contributed by atoms with Crippen LogP contribution >= 0.6 is 11.3 Å². The molecule has 0 aromatic carbocycles. The van der Waals surface area contributed by atoms with Crippen molar-refractivity contribution in [3.8, 4) is 0 Å². The van der Waals surface area contributed by atoms with E-state index in [1.54, 1.807) is 17.7 Å². The van der Waals surface area contributed by atoms with E-state index in [9.17, 15) is 4.79 Å². The number of imidazole rings is 1. The second kappa shape index (κ2) is 5.76. The maximum absolute atomic E-state index is 13.0. The molecule has 2 aromatic rings. The number of aryl methyl sites for hydroxylation is 1. The van der Waals surface area contributed by atoms with Gasteiger partial charge in [-0.15, -0.1) is 0 Å². The molecule has 1 atom stereocenters. The van der Waals surface area contributed by atoms with Gasteiger partial charge in [0.2, 0.25) is 0 Å². The first kappa shape index (κ1) is 14.9. The Hall–Kier alpha value is -1.66. The average molecular weight is 330 g/mol. The van der Waals surface area contributed by atoms with Gasteiger partial charge in [-0.1, -0.05) is 0 Å². The lowest BCUT2D eigenvalue weighted by Crippen LogP contribution is -2.39. The molecular weight excluding hydrogens is 308 g/mol. The maximum Gasteiger partial charge on any atom is 0.274 e. The highest BCUT2D eigenvalue weighted by Gasteiger charge is 2.57. The quantitative estimate of drug-likeness (QED) is 0.935. The minimum Gasteiger partial charge on any atom is -0.340 e. The number of amides is 1. The van der Waals surface area contributed by atoms with Gasteiger partial charge in [-0.2, -0.15) is 11.3 Å². The molecule has 1 saturated heterocycles. The first-order chi connectivity index (χ1) is 11.2. The topological polar surface area (TPSA) is 50.2 Å². The number of thiophene rings is 1. The molecule has 1 aliphatic heterocycles. The minimum atomic E-state index is 0.0669. The number of hydrogen-bond donors (Lipinski definition) is 1. The van der Waals surface area contributed by atoms with Gasteiger partial charge in [0.25, 0.3) is 5.91 Å². The Morgan fingerprint density at radius 2 is 2.35 bits per heavy atom. The molecule has 1 N–H and O–H groups in total. The molecule has 0 radical (unpaired) electrons. The second-order valence-corrected chi connectivity index (χ2v) is 7.60. The normalized spacial score (nSPS) is 22.2. The van der Waals surface area contributed by atoms with Gasteiger partial charge in [-0.05, 0) is 60.2 Å². The SMILES string of the molecule is Cn1cnc(C(=O)N(Cc2ccsc2)C2CC23CCNCC3)c1. The molecule has 6 heteroatoms. The first-order valence-corrected chi connectivity index (χ1v) is 9.13. The molecule has 4 rings (SSSR count). The molecule has 2 fully saturated rings. The summed E-state index contributed by atoms with van der Waals surface area (Å²) in [6.07, 6.45) is 7.00. The third kappa shape index (κ3) is 2.81. The van der Waals surface area contributed by atoms with Crippen molar-refractivity contribution >= 4 is 17.2 Å². The number of nitrogens with one attached hydrogen (secondary N) is 1. The molecule has 1 aliphatic carbocycles. The first-order valence-electron chi connectivity index (χ1n) is 8.19. The van der Waals surface area contributed by atoms with Crippen LogP contribution in [0.1, 0.15) is 35.3 Å². The van der Waals surface area contributed by atoms with Crippen LogP contribution in [-0.2, 0) is 13.6 Å². The number of carbonyl (C=O) groups is 1. The van der Waals surface area contributed by atoms with Crippen LogP contribution < -0.4 is 5.32 Å². The highest BCUT2D eigenvalue weighted by Crippen LogP contribution is 2.56. The largest absolute Gasteiger partial charge is 0.340 e. The lowest BCUT2D eigenvalue weighted by Gasteiger charge is -2.29. The van der Waals surface area contributed by atoms with Gasteiger partial charge < -0.3 is 14.8 Å². The van der Waals surface area contributed by atoms with E-state index in [0.717, 1.165) is 19.5 Å². The van der Waals surface area contributed by atoms with Crippen molar-refractivity contribution in [3.63, 3.8) is 0 Å². The number of nitrogens with zero attached hydrogens (tertiary/aromatic N) is 3. The van der Waals surface area contributed by atoms with Crippen LogP contribution in [0.3, 0.4) is 0 Å². The van der Waals surface area contributed by atoms with Crippen LogP contribution in [0.4, 0.5) is 0 Å². The Balaban J connectivity index is 1.58. The van der Waals surface area contributed by atoms with E-state index in [0.29, 0.717) is 23.7 Å². The van der Waals surface area contributed by atoms with Gasteiger partial charge in [0.15, 0.2) is 0 Å². The predicted octanol–water partition coefficient (Wildman–Crippen LogP) is 2.27. The van der Waals surface area contributed by atoms with Crippen LogP contribution in [0.2, 0.25) is 0 Å². The molecule has 2 aromatic heterocycles. The van der Waals surface area contributed by atoms with Crippen LogP contribution in [0.15, 0.2) is 29.4 Å². The standard InChI is InChI=1S/C17H22N4OS/c1-20-10-14(19-12-20)16(22)21(9-13-2-7-23-11-13)15-8-17(15)3-5-18-6-4-17/h2,7,10-12,15,18H,3-6,8-9H2,1H3. The molecule has 1 saturated carbocycles. The molecule has 23 heavy (non-hydrogen) atoms. The molecule has 2 aliphatic rings. The Morgan fingerprint density at radius 3 is 3.00 bits per heavy atom. The minimum absolute atomic E-state index is 0.0669. The Morgan fingerprint density at radius 1 is 1.52 bits per heavy atom. The summed E-state index contributed by atoms with van der Waals surface area (Å²) in [6.45, 7) is 2.83. The second-order valence-electron chi connectivity index (χ2n) is 6.82. The fraction of sp³-hybridized carbons (Fsp3) is 0.529. The van der Waals surface area contributed by atoms with Crippen LogP contribution in [-0.4, -0.2) is 39.5 Å². The monoisotopic (exact) mass is 330 g/mol. The summed E-state index contributed by atoms with van der Waals surface area (Å²) in [5.41, 5.74) is 2.11. The van der Waals surface area contributed by atoms with Gasteiger partial charge in [0, 0.05) is 25.8 Å². The summed E-state index contributed by atoms with van der Waals surface area (Å²) in [5.74, 6) is 0.0669. The number of hydrogen-bond acceptors (Lipinski definition) is 4. The lowest BCUT2D eigenvalue weighted by atomic mass is 9.93. The number of aromatic nitrogens is 2. The molecule has 1 amide bonds. The van der Waals surface area contributed by atoms with Crippen LogP contribution in [0, 0.1) is 5.41 Å². The Bertz CT molecular complexity index is 687. The summed E-state index contributed by atoms with van der Waals surface area (Å²) in [5, 5.41) is 7.64. The van der Waals surface area contributed by atoms with Gasteiger partial charge in [-0.3, -0.25) is 4.79 Å². The average Bonchev–Trinajstić information content (AvgIpc) is 2.97. The van der Waals surface area contributed by atoms with Crippen molar-refractivity contribution in [1.29, 1.82) is 0 Å². The Kier molecular flexibility index (Phi) is 3.73. The number of carbonyl (C=O) groups excluding carboxylic acids is 1. The van der Waals surface area contributed by atoms with Crippen molar-refractivity contribution in [3.05, 3.63) is 40.6 Å². The van der Waals surface area contributed by atoms with E-state index in [4.69, 9.17) is 0 Å².